The van der Waals surface area contributed by atoms with Crippen molar-refractivity contribution in [3.05, 3.63) is 65.5 Å². The van der Waals surface area contributed by atoms with Gasteiger partial charge in [0.2, 0.25) is 5.91 Å². The van der Waals surface area contributed by atoms with Crippen LogP contribution in [0.3, 0.4) is 0 Å². The van der Waals surface area contributed by atoms with Crippen molar-refractivity contribution in [3.63, 3.8) is 0 Å². The first-order valence-electron chi connectivity index (χ1n) is 6.95. The average molecular weight is 286 g/mol. The molecule has 0 aliphatic carbocycles. The molecule has 0 fully saturated rings. The van der Waals surface area contributed by atoms with Gasteiger partial charge in [0.1, 0.15) is 5.82 Å². The molecular weight excluding hydrogens is 267 g/mol. The van der Waals surface area contributed by atoms with Crippen LogP contribution in [0.4, 0.5) is 10.1 Å². The summed E-state index contributed by atoms with van der Waals surface area (Å²) < 4.78 is 12.9. The van der Waals surface area contributed by atoms with Crippen molar-refractivity contribution in [2.75, 3.05) is 12.3 Å². The lowest BCUT2D eigenvalue weighted by Crippen LogP contribution is -2.31. The Bertz CT molecular complexity index is 610. The van der Waals surface area contributed by atoms with Gasteiger partial charge in [0.25, 0.3) is 0 Å². The Balaban J connectivity index is 2.05. The third kappa shape index (κ3) is 4.05. The van der Waals surface area contributed by atoms with Gasteiger partial charge in [0, 0.05) is 18.8 Å². The lowest BCUT2D eigenvalue weighted by Gasteiger charge is -2.22. The average Bonchev–Trinajstić information content (AvgIpc) is 2.48. The van der Waals surface area contributed by atoms with Crippen LogP contribution in [-0.2, 0) is 17.8 Å². The summed E-state index contributed by atoms with van der Waals surface area (Å²) in [7, 11) is 0. The van der Waals surface area contributed by atoms with E-state index in [2.05, 4.69) is 0 Å². The molecule has 1 amide bonds. The van der Waals surface area contributed by atoms with Gasteiger partial charge in [-0.2, -0.15) is 0 Å². The molecule has 0 aromatic heterocycles. The SMILES string of the molecule is CCN(Cc1ccccc1N)C(=O)Cc1ccc(F)cc1. The minimum atomic E-state index is -0.296. The monoisotopic (exact) mass is 286 g/mol. The van der Waals surface area contributed by atoms with E-state index in [0.29, 0.717) is 18.8 Å². The number of nitrogen functional groups attached to an aromatic ring is 1. The lowest BCUT2D eigenvalue weighted by molar-refractivity contribution is -0.130. The van der Waals surface area contributed by atoms with E-state index in [0.717, 1.165) is 11.1 Å². The van der Waals surface area contributed by atoms with E-state index >= 15 is 0 Å². The number of carbonyl (C=O) groups is 1. The minimum Gasteiger partial charge on any atom is -0.398 e. The number of rotatable bonds is 5. The number of nitrogens with two attached hydrogens (primary N) is 1. The molecule has 0 unspecified atom stereocenters. The Morgan fingerprint density at radius 1 is 1.14 bits per heavy atom. The second kappa shape index (κ2) is 6.88. The van der Waals surface area contributed by atoms with Crippen molar-refractivity contribution in [1.29, 1.82) is 0 Å². The molecule has 21 heavy (non-hydrogen) atoms. The van der Waals surface area contributed by atoms with Crippen LogP contribution < -0.4 is 5.73 Å². The first kappa shape index (κ1) is 15.0. The fourth-order valence-electron chi connectivity index (χ4n) is 2.15. The van der Waals surface area contributed by atoms with Crippen LogP contribution >= 0.6 is 0 Å². The number of hydrogen-bond acceptors (Lipinski definition) is 2. The Kier molecular flexibility index (Phi) is 4.93. The number of nitrogens with zero attached hydrogens (tertiary/aromatic N) is 1. The van der Waals surface area contributed by atoms with Gasteiger partial charge in [-0.05, 0) is 36.2 Å². The fraction of sp³-hybridized carbons (Fsp3) is 0.235. The van der Waals surface area contributed by atoms with Gasteiger partial charge in [0.15, 0.2) is 0 Å². The summed E-state index contributed by atoms with van der Waals surface area (Å²) >= 11 is 0. The fourth-order valence-corrected chi connectivity index (χ4v) is 2.15. The summed E-state index contributed by atoms with van der Waals surface area (Å²) in [4.78, 5) is 14.1. The van der Waals surface area contributed by atoms with Crippen molar-refractivity contribution >= 4 is 11.6 Å². The van der Waals surface area contributed by atoms with Gasteiger partial charge in [-0.25, -0.2) is 4.39 Å². The van der Waals surface area contributed by atoms with Crippen LogP contribution in [0.5, 0.6) is 0 Å². The van der Waals surface area contributed by atoms with Gasteiger partial charge in [-0.1, -0.05) is 30.3 Å². The number of carbonyl (C=O) groups excluding carboxylic acids is 1. The van der Waals surface area contributed by atoms with Crippen molar-refractivity contribution in [3.8, 4) is 0 Å². The highest BCUT2D eigenvalue weighted by Gasteiger charge is 2.14. The van der Waals surface area contributed by atoms with E-state index in [9.17, 15) is 9.18 Å². The summed E-state index contributed by atoms with van der Waals surface area (Å²) in [5.41, 5.74) is 8.34. The molecule has 0 saturated heterocycles. The second-order valence-electron chi connectivity index (χ2n) is 4.91. The van der Waals surface area contributed by atoms with Crippen LogP contribution in [0.15, 0.2) is 48.5 Å². The zero-order valence-electron chi connectivity index (χ0n) is 12.1. The number of amides is 1. The Morgan fingerprint density at radius 2 is 1.81 bits per heavy atom. The largest absolute Gasteiger partial charge is 0.398 e. The molecule has 2 rings (SSSR count). The zero-order valence-corrected chi connectivity index (χ0v) is 12.1. The third-order valence-electron chi connectivity index (χ3n) is 3.42. The molecule has 0 spiro atoms. The van der Waals surface area contributed by atoms with E-state index in [1.807, 2.05) is 31.2 Å². The van der Waals surface area contributed by atoms with E-state index in [1.54, 1.807) is 17.0 Å². The van der Waals surface area contributed by atoms with Gasteiger partial charge < -0.3 is 10.6 Å². The first-order chi connectivity index (χ1) is 10.1. The smallest absolute Gasteiger partial charge is 0.227 e. The number of anilines is 1. The molecule has 4 heteroatoms. The Morgan fingerprint density at radius 3 is 2.43 bits per heavy atom. The summed E-state index contributed by atoms with van der Waals surface area (Å²) in [6.45, 7) is 3.03. The topological polar surface area (TPSA) is 46.3 Å². The number of likely N-dealkylation sites (N-methyl/N-ethyl adjacent to an activating group) is 1. The zero-order chi connectivity index (χ0) is 15.2. The van der Waals surface area contributed by atoms with Crippen LogP contribution in [0.1, 0.15) is 18.1 Å². The van der Waals surface area contributed by atoms with Crippen LogP contribution in [0, 0.1) is 5.82 Å². The molecule has 3 nitrogen and oxygen atoms in total. The molecule has 2 N–H and O–H groups in total. The third-order valence-corrected chi connectivity index (χ3v) is 3.42. The quantitative estimate of drug-likeness (QED) is 0.859. The van der Waals surface area contributed by atoms with E-state index in [-0.39, 0.29) is 18.1 Å². The van der Waals surface area contributed by atoms with Crippen molar-refractivity contribution in [2.45, 2.75) is 19.9 Å². The molecular formula is C17H19FN2O. The predicted octanol–water partition coefficient (Wildman–Crippen LogP) is 3.00. The maximum absolute atomic E-state index is 12.9. The lowest BCUT2D eigenvalue weighted by atomic mass is 10.1. The molecule has 0 radical (unpaired) electrons. The summed E-state index contributed by atoms with van der Waals surface area (Å²) in [6, 6.07) is 13.5. The highest BCUT2D eigenvalue weighted by Crippen LogP contribution is 2.14. The van der Waals surface area contributed by atoms with Gasteiger partial charge >= 0.3 is 0 Å². The van der Waals surface area contributed by atoms with Crippen molar-refractivity contribution in [1.82, 2.24) is 4.90 Å². The minimum absolute atomic E-state index is 0.00682. The maximum atomic E-state index is 12.9. The number of para-hydroxylation sites is 1. The number of halogens is 1. The summed E-state index contributed by atoms with van der Waals surface area (Å²) in [5, 5.41) is 0. The van der Waals surface area contributed by atoms with Crippen LogP contribution in [-0.4, -0.2) is 17.4 Å². The first-order valence-corrected chi connectivity index (χ1v) is 6.95. The van der Waals surface area contributed by atoms with E-state index in [4.69, 9.17) is 5.73 Å². The molecule has 110 valence electrons. The maximum Gasteiger partial charge on any atom is 0.227 e. The van der Waals surface area contributed by atoms with Crippen LogP contribution in [0.25, 0.3) is 0 Å². The molecule has 0 heterocycles. The van der Waals surface area contributed by atoms with Crippen molar-refractivity contribution < 1.29 is 9.18 Å². The van der Waals surface area contributed by atoms with Crippen LogP contribution in [0.2, 0.25) is 0 Å². The Labute approximate surface area is 124 Å². The van der Waals surface area contributed by atoms with Gasteiger partial charge in [-0.3, -0.25) is 4.79 Å². The number of hydrogen-bond donors (Lipinski definition) is 1. The standard InChI is InChI=1S/C17H19FN2O/c1-2-20(12-14-5-3-4-6-16(14)19)17(21)11-13-7-9-15(18)10-8-13/h3-10H,2,11-12,19H2,1H3. The second-order valence-corrected chi connectivity index (χ2v) is 4.91. The Hall–Kier alpha value is -2.36. The molecule has 2 aromatic carbocycles. The molecule has 2 aromatic rings. The highest BCUT2D eigenvalue weighted by molar-refractivity contribution is 5.79. The predicted molar refractivity (Wildman–Crippen MR) is 82.0 cm³/mol. The normalized spacial score (nSPS) is 10.4. The van der Waals surface area contributed by atoms with Crippen molar-refractivity contribution in [2.24, 2.45) is 0 Å². The molecule has 0 aliphatic rings. The summed E-state index contributed by atoms with van der Waals surface area (Å²) in [5.74, 6) is -0.289. The summed E-state index contributed by atoms with van der Waals surface area (Å²) in [6.07, 6.45) is 0.265. The molecule has 0 atom stereocenters. The van der Waals surface area contributed by atoms with E-state index in [1.165, 1.54) is 12.1 Å². The molecule has 0 aliphatic heterocycles. The molecule has 0 saturated carbocycles. The highest BCUT2D eigenvalue weighted by atomic mass is 19.1. The molecule has 0 bridgehead atoms. The van der Waals surface area contributed by atoms with E-state index < -0.39 is 0 Å². The number of benzene rings is 2. The van der Waals surface area contributed by atoms with Gasteiger partial charge in [-0.15, -0.1) is 0 Å². The van der Waals surface area contributed by atoms with Gasteiger partial charge in [0.05, 0.1) is 6.42 Å².